The fraction of sp³-hybridized carbons (Fsp3) is 0.273. The summed E-state index contributed by atoms with van der Waals surface area (Å²) < 4.78 is 0. The summed E-state index contributed by atoms with van der Waals surface area (Å²) in [7, 11) is 0. The molecule has 2 aliphatic heterocycles. The van der Waals surface area contributed by atoms with Gasteiger partial charge < -0.3 is 9.88 Å². The van der Waals surface area contributed by atoms with Gasteiger partial charge in [0.05, 0.1) is 23.8 Å². The number of allylic oxidation sites excluding steroid dienone is 4. The van der Waals surface area contributed by atoms with Crippen molar-refractivity contribution in [2.45, 2.75) is 26.3 Å². The molecule has 1 saturated heterocycles. The Balaban J connectivity index is 1.53. The molecule has 0 saturated carbocycles. The van der Waals surface area contributed by atoms with E-state index in [1.54, 1.807) is 4.90 Å². The molecule has 5 heterocycles. The number of hydrogen-bond acceptors (Lipinski definition) is 7. The van der Waals surface area contributed by atoms with Gasteiger partial charge in [0.15, 0.2) is 17.3 Å². The molecule has 1 fully saturated rings. The smallest absolute Gasteiger partial charge is 0.329 e. The maximum atomic E-state index is 13.5. The van der Waals surface area contributed by atoms with Gasteiger partial charge >= 0.3 is 6.03 Å². The molecule has 0 spiro atoms. The normalized spacial score (nSPS) is 18.1. The van der Waals surface area contributed by atoms with Crippen molar-refractivity contribution >= 4 is 46.8 Å². The molecule has 3 aromatic rings. The van der Waals surface area contributed by atoms with Gasteiger partial charge in [0.25, 0.3) is 0 Å². The molecule has 0 unspecified atom stereocenters. The highest BCUT2D eigenvalue weighted by Crippen LogP contribution is 2.40. The van der Waals surface area contributed by atoms with E-state index in [2.05, 4.69) is 41.9 Å². The van der Waals surface area contributed by atoms with Crippen molar-refractivity contribution in [2.24, 2.45) is 4.99 Å². The molecule has 162 valence electrons. The van der Waals surface area contributed by atoms with E-state index in [0.29, 0.717) is 22.8 Å². The van der Waals surface area contributed by atoms with Gasteiger partial charge in [-0.25, -0.2) is 24.7 Å². The zero-order valence-electron chi connectivity index (χ0n) is 17.9. The van der Waals surface area contributed by atoms with Crippen molar-refractivity contribution in [3.05, 3.63) is 48.3 Å². The minimum atomic E-state index is -0.279. The standard InChI is InChI=1S/C22H23N9O/c1-4-14(9-13(2)23-3)16-5-6-17-21(28-16)31(15-7-8-30(17)10-15)22(32)29-20-18-19(25-11-24-18)26-12-27-20/h4-6,9,11-12,15H,3,7-8,10H2,1-2H3,(H2,24,25,26,27,29,32)/b13-9-,14-4+/t15-/m0/s1. The van der Waals surface area contributed by atoms with Crippen LogP contribution in [0.3, 0.4) is 0 Å². The van der Waals surface area contributed by atoms with Crippen LogP contribution in [0, 0.1) is 0 Å². The second-order valence-corrected chi connectivity index (χ2v) is 7.74. The van der Waals surface area contributed by atoms with Crippen LogP contribution >= 0.6 is 0 Å². The van der Waals surface area contributed by atoms with Gasteiger partial charge in [-0.2, -0.15) is 0 Å². The lowest BCUT2D eigenvalue weighted by Gasteiger charge is -2.35. The summed E-state index contributed by atoms with van der Waals surface area (Å²) in [6, 6.07) is 3.77. The average Bonchev–Trinajstić information content (AvgIpc) is 3.45. The van der Waals surface area contributed by atoms with Crippen LogP contribution in [0.5, 0.6) is 0 Å². The molecule has 1 atom stereocenters. The first kappa shape index (κ1) is 19.9. The molecule has 5 rings (SSSR count). The average molecular weight is 429 g/mol. The monoisotopic (exact) mass is 429 g/mol. The zero-order valence-corrected chi connectivity index (χ0v) is 17.9. The van der Waals surface area contributed by atoms with E-state index in [0.717, 1.165) is 42.2 Å². The van der Waals surface area contributed by atoms with Crippen LogP contribution in [0.1, 0.15) is 26.0 Å². The van der Waals surface area contributed by atoms with Gasteiger partial charge in [-0.3, -0.25) is 15.2 Å². The number of aliphatic imine (C=N–C) groups is 1. The first-order chi connectivity index (χ1) is 15.6. The van der Waals surface area contributed by atoms with E-state index in [1.807, 2.05) is 38.1 Å². The number of hydrogen-bond donors (Lipinski definition) is 2. The van der Waals surface area contributed by atoms with Crippen LogP contribution in [0.25, 0.3) is 16.7 Å². The van der Waals surface area contributed by atoms with Crippen molar-refractivity contribution < 1.29 is 4.79 Å². The SMILES string of the molecule is C=N/C(C)=C\C(=C/C)c1ccc2c(n1)N(C(=O)Nc1ncnc3nc[nH]c13)[C@H]1CCN2C1. The van der Waals surface area contributed by atoms with E-state index < -0.39 is 0 Å². The van der Waals surface area contributed by atoms with E-state index in [9.17, 15) is 4.79 Å². The number of nitrogens with one attached hydrogen (secondary N) is 2. The van der Waals surface area contributed by atoms with Crippen molar-refractivity contribution in [1.29, 1.82) is 0 Å². The third-order valence-electron chi connectivity index (χ3n) is 5.84. The summed E-state index contributed by atoms with van der Waals surface area (Å²) >= 11 is 0. The predicted molar refractivity (Wildman–Crippen MR) is 125 cm³/mol. The quantitative estimate of drug-likeness (QED) is 0.485. The Labute approximate surface area is 184 Å². The first-order valence-electron chi connectivity index (χ1n) is 10.4. The number of nitrogens with zero attached hydrogens (tertiary/aromatic N) is 7. The molecule has 0 radical (unpaired) electrons. The number of carbonyl (C=O) groups is 1. The van der Waals surface area contributed by atoms with Gasteiger partial charge in [0.1, 0.15) is 11.8 Å². The maximum absolute atomic E-state index is 13.5. The van der Waals surface area contributed by atoms with E-state index >= 15 is 0 Å². The lowest BCUT2D eigenvalue weighted by molar-refractivity contribution is 0.254. The van der Waals surface area contributed by atoms with Crippen LogP contribution in [-0.4, -0.2) is 56.8 Å². The largest absolute Gasteiger partial charge is 0.366 e. The summed E-state index contributed by atoms with van der Waals surface area (Å²) in [4.78, 5) is 41.8. The Bertz CT molecular complexity index is 1280. The third-order valence-corrected chi connectivity index (χ3v) is 5.84. The number of amides is 2. The molecule has 2 amide bonds. The fourth-order valence-corrected chi connectivity index (χ4v) is 4.23. The minimum Gasteiger partial charge on any atom is -0.366 e. The molecular weight excluding hydrogens is 406 g/mol. The predicted octanol–water partition coefficient (Wildman–Crippen LogP) is 3.39. The number of fused-ring (bicyclic) bond motifs is 5. The zero-order chi connectivity index (χ0) is 22.2. The number of urea groups is 1. The fourth-order valence-electron chi connectivity index (χ4n) is 4.23. The topological polar surface area (TPSA) is 115 Å². The van der Waals surface area contributed by atoms with Crippen molar-refractivity contribution in [3.8, 4) is 0 Å². The Morgan fingerprint density at radius 2 is 2.22 bits per heavy atom. The molecule has 2 N–H and O–H groups in total. The van der Waals surface area contributed by atoms with Gasteiger partial charge in [0.2, 0.25) is 0 Å². The number of rotatable bonds is 4. The summed E-state index contributed by atoms with van der Waals surface area (Å²) in [5.41, 5.74) is 4.51. The van der Waals surface area contributed by atoms with Gasteiger partial charge in [-0.1, -0.05) is 6.08 Å². The highest BCUT2D eigenvalue weighted by Gasteiger charge is 2.40. The van der Waals surface area contributed by atoms with E-state index in [-0.39, 0.29) is 12.1 Å². The summed E-state index contributed by atoms with van der Waals surface area (Å²) in [5, 5.41) is 2.92. The van der Waals surface area contributed by atoms with Crippen molar-refractivity contribution in [1.82, 2.24) is 24.9 Å². The number of carbonyl (C=O) groups excluding carboxylic acids is 1. The van der Waals surface area contributed by atoms with Crippen LogP contribution in [-0.2, 0) is 0 Å². The molecule has 0 aromatic carbocycles. The molecule has 10 nitrogen and oxygen atoms in total. The number of imidazole rings is 1. The second-order valence-electron chi connectivity index (χ2n) is 7.74. The molecule has 2 aliphatic rings. The van der Waals surface area contributed by atoms with Crippen LogP contribution in [0.2, 0.25) is 0 Å². The Morgan fingerprint density at radius 1 is 1.34 bits per heavy atom. The number of aromatic nitrogens is 5. The summed E-state index contributed by atoms with van der Waals surface area (Å²) in [5.74, 6) is 1.03. The summed E-state index contributed by atoms with van der Waals surface area (Å²) in [6.45, 7) is 9.08. The lowest BCUT2D eigenvalue weighted by atomic mass is 10.1. The van der Waals surface area contributed by atoms with Crippen molar-refractivity contribution in [2.75, 3.05) is 28.2 Å². The Kier molecular flexibility index (Phi) is 4.89. The van der Waals surface area contributed by atoms with Gasteiger partial charge in [-0.05, 0) is 50.8 Å². The molecule has 32 heavy (non-hydrogen) atoms. The summed E-state index contributed by atoms with van der Waals surface area (Å²) in [6.07, 6.45) is 7.69. The third kappa shape index (κ3) is 3.29. The van der Waals surface area contributed by atoms with Gasteiger partial charge in [0, 0.05) is 18.8 Å². The van der Waals surface area contributed by atoms with E-state index in [1.165, 1.54) is 12.7 Å². The maximum Gasteiger partial charge on any atom is 0.329 e. The highest BCUT2D eigenvalue weighted by atomic mass is 16.2. The second kappa shape index (κ2) is 7.88. The molecule has 3 aromatic heterocycles. The number of H-pyrrole nitrogens is 1. The molecule has 10 heteroatoms. The van der Waals surface area contributed by atoms with Crippen molar-refractivity contribution in [3.63, 3.8) is 0 Å². The van der Waals surface area contributed by atoms with Crippen LogP contribution in [0.4, 0.5) is 22.1 Å². The number of anilines is 3. The molecule has 2 bridgehead atoms. The lowest BCUT2D eigenvalue weighted by Crippen LogP contribution is -2.48. The van der Waals surface area contributed by atoms with Crippen LogP contribution in [0.15, 0.2) is 47.6 Å². The number of aromatic amines is 1. The Morgan fingerprint density at radius 3 is 3.03 bits per heavy atom. The minimum absolute atomic E-state index is 0.0329. The molecular formula is C22H23N9O. The van der Waals surface area contributed by atoms with E-state index in [4.69, 9.17) is 4.98 Å². The number of pyridine rings is 1. The molecule has 0 aliphatic carbocycles. The first-order valence-corrected chi connectivity index (χ1v) is 10.4. The Hall–Kier alpha value is -4.08. The van der Waals surface area contributed by atoms with Gasteiger partial charge in [-0.15, -0.1) is 0 Å². The van der Waals surface area contributed by atoms with Crippen LogP contribution < -0.4 is 15.1 Å². The highest BCUT2D eigenvalue weighted by molar-refractivity contribution is 6.06.